The molecule has 0 bridgehead atoms. The fourth-order valence-corrected chi connectivity index (χ4v) is 3.29. The van der Waals surface area contributed by atoms with Crippen molar-refractivity contribution in [1.29, 1.82) is 0 Å². The van der Waals surface area contributed by atoms with Crippen LogP contribution in [0, 0.1) is 5.92 Å². The molecular formula is C14H20BrN. The summed E-state index contributed by atoms with van der Waals surface area (Å²) >= 11 is 3.62. The molecule has 2 heteroatoms. The number of benzene rings is 1. The van der Waals surface area contributed by atoms with Crippen LogP contribution in [0.1, 0.15) is 31.2 Å². The van der Waals surface area contributed by atoms with E-state index in [1.54, 1.807) is 0 Å². The van der Waals surface area contributed by atoms with Gasteiger partial charge in [0.2, 0.25) is 0 Å². The summed E-state index contributed by atoms with van der Waals surface area (Å²) in [6.45, 7) is 0. The van der Waals surface area contributed by atoms with Crippen molar-refractivity contribution in [1.82, 2.24) is 5.32 Å². The molecule has 0 amide bonds. The second-order valence-corrected chi connectivity index (χ2v) is 5.57. The van der Waals surface area contributed by atoms with Crippen molar-refractivity contribution in [2.45, 2.75) is 38.1 Å². The first-order valence-electron chi connectivity index (χ1n) is 6.22. The number of hydrogen-bond acceptors (Lipinski definition) is 1. The fourth-order valence-electron chi connectivity index (χ4n) is 2.80. The maximum atomic E-state index is 3.62. The van der Waals surface area contributed by atoms with E-state index in [0.29, 0.717) is 0 Å². The number of nitrogens with one attached hydrogen (secondary N) is 1. The van der Waals surface area contributed by atoms with E-state index in [1.165, 1.54) is 42.1 Å². The van der Waals surface area contributed by atoms with E-state index in [-0.39, 0.29) is 0 Å². The van der Waals surface area contributed by atoms with Gasteiger partial charge in [0.05, 0.1) is 0 Å². The Balaban J connectivity index is 1.90. The van der Waals surface area contributed by atoms with E-state index in [1.807, 2.05) is 0 Å². The largest absolute Gasteiger partial charge is 0.317 e. The van der Waals surface area contributed by atoms with Gasteiger partial charge in [0.15, 0.2) is 0 Å². The maximum absolute atomic E-state index is 3.62. The van der Waals surface area contributed by atoms with Crippen LogP contribution in [0.15, 0.2) is 28.7 Å². The summed E-state index contributed by atoms with van der Waals surface area (Å²) in [5.74, 6) is 0.872. The SMILES string of the molecule is CNC1CCCC1CCc1ccccc1Br. The minimum atomic E-state index is 0.752. The van der Waals surface area contributed by atoms with Gasteiger partial charge in [-0.25, -0.2) is 0 Å². The van der Waals surface area contributed by atoms with Crippen molar-refractivity contribution in [3.05, 3.63) is 34.3 Å². The van der Waals surface area contributed by atoms with Gasteiger partial charge in [-0.2, -0.15) is 0 Å². The lowest BCUT2D eigenvalue weighted by Crippen LogP contribution is -2.29. The Bertz CT molecular complexity index is 337. The number of hydrogen-bond donors (Lipinski definition) is 1. The van der Waals surface area contributed by atoms with Crippen LogP contribution in [-0.4, -0.2) is 13.1 Å². The smallest absolute Gasteiger partial charge is 0.0207 e. The van der Waals surface area contributed by atoms with Crippen LogP contribution < -0.4 is 5.32 Å². The number of halogens is 1. The fraction of sp³-hybridized carbons (Fsp3) is 0.571. The molecule has 0 aliphatic heterocycles. The molecule has 1 aromatic rings. The lowest BCUT2D eigenvalue weighted by molar-refractivity contribution is 0.400. The van der Waals surface area contributed by atoms with Crippen molar-refractivity contribution < 1.29 is 0 Å². The Labute approximate surface area is 107 Å². The summed E-state index contributed by atoms with van der Waals surface area (Å²) in [5, 5.41) is 3.45. The normalized spacial score (nSPS) is 24.9. The molecule has 1 fully saturated rings. The van der Waals surface area contributed by atoms with E-state index in [0.717, 1.165) is 12.0 Å². The molecular weight excluding hydrogens is 262 g/mol. The van der Waals surface area contributed by atoms with Crippen LogP contribution in [0.4, 0.5) is 0 Å². The second kappa shape index (κ2) is 5.83. The maximum Gasteiger partial charge on any atom is 0.0207 e. The number of aryl methyl sites for hydroxylation is 1. The van der Waals surface area contributed by atoms with Gasteiger partial charge >= 0.3 is 0 Å². The van der Waals surface area contributed by atoms with Crippen molar-refractivity contribution in [2.24, 2.45) is 5.92 Å². The number of rotatable bonds is 4. The molecule has 0 saturated heterocycles. The molecule has 2 unspecified atom stereocenters. The monoisotopic (exact) mass is 281 g/mol. The Morgan fingerprint density at radius 3 is 2.88 bits per heavy atom. The summed E-state index contributed by atoms with van der Waals surface area (Å²) in [5.41, 5.74) is 1.45. The zero-order valence-corrected chi connectivity index (χ0v) is 11.5. The average Bonchev–Trinajstić information content (AvgIpc) is 2.75. The van der Waals surface area contributed by atoms with E-state index in [9.17, 15) is 0 Å². The highest BCUT2D eigenvalue weighted by Gasteiger charge is 2.25. The molecule has 1 aliphatic rings. The van der Waals surface area contributed by atoms with Gasteiger partial charge < -0.3 is 5.32 Å². The van der Waals surface area contributed by atoms with E-state index in [2.05, 4.69) is 52.6 Å². The summed E-state index contributed by atoms with van der Waals surface area (Å²) in [7, 11) is 2.10. The van der Waals surface area contributed by atoms with Gasteiger partial charge in [-0.05, 0) is 50.3 Å². The van der Waals surface area contributed by atoms with Gasteiger partial charge in [0.25, 0.3) is 0 Å². The molecule has 0 heterocycles. The summed E-state index contributed by atoms with van der Waals surface area (Å²) in [6.07, 6.45) is 6.66. The Kier molecular flexibility index (Phi) is 4.42. The Hall–Kier alpha value is -0.340. The van der Waals surface area contributed by atoms with Crippen molar-refractivity contribution in [3.8, 4) is 0 Å². The molecule has 1 saturated carbocycles. The molecule has 1 N–H and O–H groups in total. The lowest BCUT2D eigenvalue weighted by atomic mass is 9.95. The van der Waals surface area contributed by atoms with Gasteiger partial charge in [0.1, 0.15) is 0 Å². The highest BCUT2D eigenvalue weighted by Crippen LogP contribution is 2.30. The molecule has 88 valence electrons. The third kappa shape index (κ3) is 2.86. The van der Waals surface area contributed by atoms with Gasteiger partial charge in [0, 0.05) is 10.5 Å². The van der Waals surface area contributed by atoms with Crippen molar-refractivity contribution in [3.63, 3.8) is 0 Å². The average molecular weight is 282 g/mol. The standard InChI is InChI=1S/C14H20BrN/c1-16-14-8-4-6-12(14)10-9-11-5-2-3-7-13(11)15/h2-3,5,7,12,14,16H,4,6,8-10H2,1H3. The van der Waals surface area contributed by atoms with Gasteiger partial charge in [-0.1, -0.05) is 40.5 Å². The predicted molar refractivity (Wildman–Crippen MR) is 72.7 cm³/mol. The molecule has 1 aliphatic carbocycles. The zero-order chi connectivity index (χ0) is 11.4. The minimum Gasteiger partial charge on any atom is -0.317 e. The van der Waals surface area contributed by atoms with Crippen molar-refractivity contribution in [2.75, 3.05) is 7.05 Å². The molecule has 0 spiro atoms. The van der Waals surface area contributed by atoms with Gasteiger partial charge in [-0.15, -0.1) is 0 Å². The molecule has 1 aromatic carbocycles. The summed E-state index contributed by atoms with van der Waals surface area (Å²) < 4.78 is 1.26. The van der Waals surface area contributed by atoms with E-state index >= 15 is 0 Å². The van der Waals surface area contributed by atoms with Crippen molar-refractivity contribution >= 4 is 15.9 Å². The van der Waals surface area contributed by atoms with E-state index < -0.39 is 0 Å². The van der Waals surface area contributed by atoms with Crippen LogP contribution in [0.3, 0.4) is 0 Å². The van der Waals surface area contributed by atoms with Crippen LogP contribution in [-0.2, 0) is 6.42 Å². The highest BCUT2D eigenvalue weighted by atomic mass is 79.9. The molecule has 0 radical (unpaired) electrons. The Morgan fingerprint density at radius 2 is 2.12 bits per heavy atom. The van der Waals surface area contributed by atoms with E-state index in [4.69, 9.17) is 0 Å². The van der Waals surface area contributed by atoms with Crippen LogP contribution in [0.5, 0.6) is 0 Å². The van der Waals surface area contributed by atoms with Gasteiger partial charge in [-0.3, -0.25) is 0 Å². The molecule has 0 aromatic heterocycles. The first-order valence-corrected chi connectivity index (χ1v) is 7.01. The third-order valence-corrected chi connectivity index (χ3v) is 4.55. The molecule has 16 heavy (non-hydrogen) atoms. The first-order chi connectivity index (χ1) is 7.81. The Morgan fingerprint density at radius 1 is 1.31 bits per heavy atom. The second-order valence-electron chi connectivity index (χ2n) is 4.72. The van der Waals surface area contributed by atoms with Crippen LogP contribution in [0.25, 0.3) is 0 Å². The summed E-state index contributed by atoms with van der Waals surface area (Å²) in [6, 6.07) is 9.33. The van der Waals surface area contributed by atoms with Crippen LogP contribution >= 0.6 is 15.9 Å². The topological polar surface area (TPSA) is 12.0 Å². The summed E-state index contributed by atoms with van der Waals surface area (Å²) in [4.78, 5) is 0. The minimum absolute atomic E-state index is 0.752. The first kappa shape index (κ1) is 12.1. The van der Waals surface area contributed by atoms with Crippen LogP contribution in [0.2, 0.25) is 0 Å². The lowest BCUT2D eigenvalue weighted by Gasteiger charge is -2.19. The third-order valence-electron chi connectivity index (χ3n) is 3.77. The molecule has 2 atom stereocenters. The highest BCUT2D eigenvalue weighted by molar-refractivity contribution is 9.10. The molecule has 1 nitrogen and oxygen atoms in total. The predicted octanol–water partition coefficient (Wildman–Crippen LogP) is 3.77. The molecule has 2 rings (SSSR count). The zero-order valence-electron chi connectivity index (χ0n) is 9.88. The quantitative estimate of drug-likeness (QED) is 0.886.